The van der Waals surface area contributed by atoms with Crippen molar-refractivity contribution in [3.05, 3.63) is 64.6 Å². The first kappa shape index (κ1) is 15.4. The Morgan fingerprint density at radius 2 is 1.91 bits per heavy atom. The zero-order chi connectivity index (χ0) is 15.4. The fourth-order valence-corrected chi connectivity index (χ4v) is 4.12. The summed E-state index contributed by atoms with van der Waals surface area (Å²) in [6.07, 6.45) is 0. The molecular formula is C17H14ClNOS2. The molecule has 0 unspecified atom stereocenters. The summed E-state index contributed by atoms with van der Waals surface area (Å²) in [6, 6.07) is 15.8. The Balaban J connectivity index is 1.75. The topological polar surface area (TPSA) is 22.1 Å². The quantitative estimate of drug-likeness (QED) is 0.547. The summed E-state index contributed by atoms with van der Waals surface area (Å²) in [4.78, 5) is 5.79. The van der Waals surface area contributed by atoms with Gasteiger partial charge in [-0.05, 0) is 24.3 Å². The van der Waals surface area contributed by atoms with E-state index < -0.39 is 0 Å². The number of thioether (sulfide) groups is 1. The molecule has 1 heterocycles. The van der Waals surface area contributed by atoms with Gasteiger partial charge in [0.05, 0.1) is 23.4 Å². The zero-order valence-corrected chi connectivity index (χ0v) is 14.3. The van der Waals surface area contributed by atoms with Crippen LogP contribution >= 0.6 is 34.7 Å². The minimum Gasteiger partial charge on any atom is -0.496 e. The Labute approximate surface area is 143 Å². The number of hydrogen-bond acceptors (Lipinski definition) is 4. The Hall–Kier alpha value is -1.49. The molecule has 1 aromatic heterocycles. The van der Waals surface area contributed by atoms with Crippen molar-refractivity contribution < 1.29 is 4.74 Å². The summed E-state index contributed by atoms with van der Waals surface area (Å²) in [5.41, 5.74) is 2.08. The highest BCUT2D eigenvalue weighted by atomic mass is 35.5. The second-order valence-electron chi connectivity index (χ2n) is 4.56. The van der Waals surface area contributed by atoms with Crippen molar-refractivity contribution in [2.24, 2.45) is 0 Å². The molecule has 22 heavy (non-hydrogen) atoms. The molecule has 2 aromatic carbocycles. The van der Waals surface area contributed by atoms with E-state index in [9.17, 15) is 0 Å². The predicted octanol–water partition coefficient (Wildman–Crippen LogP) is 5.76. The van der Waals surface area contributed by atoms with Gasteiger partial charge in [-0.1, -0.05) is 35.9 Å². The van der Waals surface area contributed by atoms with Crippen molar-refractivity contribution in [2.75, 3.05) is 7.11 Å². The molecule has 0 aliphatic heterocycles. The van der Waals surface area contributed by atoms with E-state index in [-0.39, 0.29) is 0 Å². The number of thiazole rings is 1. The van der Waals surface area contributed by atoms with Gasteiger partial charge in [0.15, 0.2) is 0 Å². The van der Waals surface area contributed by atoms with E-state index in [0.717, 1.165) is 37.7 Å². The van der Waals surface area contributed by atoms with Crippen LogP contribution < -0.4 is 4.74 Å². The van der Waals surface area contributed by atoms with E-state index in [0.29, 0.717) is 0 Å². The fourth-order valence-electron chi connectivity index (χ4n) is 2.03. The molecule has 112 valence electrons. The molecule has 0 N–H and O–H groups in total. The summed E-state index contributed by atoms with van der Waals surface area (Å²) >= 11 is 9.51. The van der Waals surface area contributed by atoms with Gasteiger partial charge in [0.1, 0.15) is 10.8 Å². The molecule has 0 saturated heterocycles. The lowest BCUT2D eigenvalue weighted by molar-refractivity contribution is 0.416. The van der Waals surface area contributed by atoms with Crippen molar-refractivity contribution in [3.63, 3.8) is 0 Å². The highest BCUT2D eigenvalue weighted by Crippen LogP contribution is 2.34. The number of aromatic nitrogens is 1. The van der Waals surface area contributed by atoms with Gasteiger partial charge in [-0.3, -0.25) is 0 Å². The summed E-state index contributed by atoms with van der Waals surface area (Å²) < 4.78 is 5.40. The first-order chi connectivity index (χ1) is 10.8. The molecular weight excluding hydrogens is 334 g/mol. The van der Waals surface area contributed by atoms with Crippen LogP contribution in [0.15, 0.2) is 58.8 Å². The molecule has 2 nitrogen and oxygen atoms in total. The van der Waals surface area contributed by atoms with Crippen molar-refractivity contribution in [1.82, 2.24) is 4.98 Å². The number of rotatable bonds is 5. The number of para-hydroxylation sites is 1. The Bertz CT molecular complexity index is 773. The normalized spacial score (nSPS) is 10.6. The minimum atomic E-state index is 0.785. The Morgan fingerprint density at radius 3 is 2.73 bits per heavy atom. The highest BCUT2D eigenvalue weighted by molar-refractivity contribution is 7.98. The third-order valence-electron chi connectivity index (χ3n) is 3.10. The monoisotopic (exact) mass is 347 g/mol. The van der Waals surface area contributed by atoms with Crippen molar-refractivity contribution >= 4 is 34.7 Å². The lowest BCUT2D eigenvalue weighted by atomic mass is 10.2. The van der Waals surface area contributed by atoms with Gasteiger partial charge in [0, 0.05) is 16.0 Å². The average Bonchev–Trinajstić information content (AvgIpc) is 3.03. The lowest BCUT2D eigenvalue weighted by Crippen LogP contribution is -1.87. The van der Waals surface area contributed by atoms with Crippen LogP contribution in [-0.2, 0) is 5.75 Å². The van der Waals surface area contributed by atoms with Gasteiger partial charge in [-0.25, -0.2) is 4.98 Å². The average molecular weight is 348 g/mol. The molecule has 0 amide bonds. The van der Waals surface area contributed by atoms with Crippen LogP contribution in [0.5, 0.6) is 5.75 Å². The molecule has 0 atom stereocenters. The third kappa shape index (κ3) is 3.46. The van der Waals surface area contributed by atoms with E-state index >= 15 is 0 Å². The van der Waals surface area contributed by atoms with Crippen LogP contribution in [0.25, 0.3) is 10.6 Å². The fraction of sp³-hybridized carbons (Fsp3) is 0.118. The van der Waals surface area contributed by atoms with E-state index in [2.05, 4.69) is 5.38 Å². The van der Waals surface area contributed by atoms with Crippen LogP contribution in [0.1, 0.15) is 5.69 Å². The highest BCUT2D eigenvalue weighted by Gasteiger charge is 2.10. The standard InChI is InChI=1S/C17H14ClNOS2/c1-20-15-8-4-2-6-13(15)17-19-12(11-22-17)10-21-16-9-5-3-7-14(16)18/h2-9,11H,10H2,1H3. The number of ether oxygens (including phenoxy) is 1. The van der Waals surface area contributed by atoms with Gasteiger partial charge >= 0.3 is 0 Å². The van der Waals surface area contributed by atoms with Gasteiger partial charge < -0.3 is 4.74 Å². The van der Waals surface area contributed by atoms with Crippen molar-refractivity contribution in [2.45, 2.75) is 10.6 Å². The first-order valence-electron chi connectivity index (χ1n) is 6.73. The molecule has 0 aliphatic rings. The molecule has 3 rings (SSSR count). The van der Waals surface area contributed by atoms with Crippen LogP contribution in [-0.4, -0.2) is 12.1 Å². The summed E-state index contributed by atoms with van der Waals surface area (Å²) in [6.45, 7) is 0. The minimum absolute atomic E-state index is 0.785. The summed E-state index contributed by atoms with van der Waals surface area (Å²) in [5, 5.41) is 3.85. The number of hydrogen-bond donors (Lipinski definition) is 0. The van der Waals surface area contributed by atoms with Crippen LogP contribution in [0.2, 0.25) is 5.02 Å². The number of halogens is 1. The second-order valence-corrected chi connectivity index (χ2v) is 6.85. The van der Waals surface area contributed by atoms with Gasteiger partial charge in [0.2, 0.25) is 0 Å². The third-order valence-corrected chi connectivity index (χ3v) is 5.57. The predicted molar refractivity (Wildman–Crippen MR) is 95.1 cm³/mol. The molecule has 0 saturated carbocycles. The first-order valence-corrected chi connectivity index (χ1v) is 8.97. The van der Waals surface area contributed by atoms with Crippen LogP contribution in [0.3, 0.4) is 0 Å². The number of nitrogens with zero attached hydrogens (tertiary/aromatic N) is 1. The van der Waals surface area contributed by atoms with Crippen LogP contribution in [0, 0.1) is 0 Å². The SMILES string of the molecule is COc1ccccc1-c1nc(CSc2ccccc2Cl)cs1. The van der Waals surface area contributed by atoms with Gasteiger partial charge in [-0.2, -0.15) is 0 Å². The molecule has 0 spiro atoms. The van der Waals surface area contributed by atoms with Crippen molar-refractivity contribution in [3.8, 4) is 16.3 Å². The van der Waals surface area contributed by atoms with Gasteiger partial charge in [0.25, 0.3) is 0 Å². The second kappa shape index (κ2) is 7.18. The maximum absolute atomic E-state index is 6.18. The molecule has 0 radical (unpaired) electrons. The van der Waals surface area contributed by atoms with Crippen molar-refractivity contribution in [1.29, 1.82) is 0 Å². The lowest BCUT2D eigenvalue weighted by Gasteiger charge is -2.04. The molecule has 5 heteroatoms. The Kier molecular flexibility index (Phi) is 5.03. The molecule has 0 fully saturated rings. The Morgan fingerprint density at radius 1 is 1.14 bits per heavy atom. The van der Waals surface area contributed by atoms with E-state index in [1.807, 2.05) is 48.5 Å². The maximum Gasteiger partial charge on any atom is 0.129 e. The molecule has 0 aliphatic carbocycles. The maximum atomic E-state index is 6.18. The van der Waals surface area contributed by atoms with E-state index in [1.54, 1.807) is 30.2 Å². The zero-order valence-electron chi connectivity index (χ0n) is 12.0. The van der Waals surface area contributed by atoms with E-state index in [1.165, 1.54) is 0 Å². The van der Waals surface area contributed by atoms with E-state index in [4.69, 9.17) is 21.3 Å². The largest absolute Gasteiger partial charge is 0.496 e. The number of benzene rings is 2. The van der Waals surface area contributed by atoms with Crippen LogP contribution in [0.4, 0.5) is 0 Å². The smallest absolute Gasteiger partial charge is 0.129 e. The summed E-state index contributed by atoms with van der Waals surface area (Å²) in [7, 11) is 1.68. The number of methoxy groups -OCH3 is 1. The molecule has 0 bridgehead atoms. The van der Waals surface area contributed by atoms with Gasteiger partial charge in [-0.15, -0.1) is 23.1 Å². The summed E-state index contributed by atoms with van der Waals surface area (Å²) in [5.74, 6) is 1.65. The molecule has 3 aromatic rings.